The molecule has 7 heteroatoms. The summed E-state index contributed by atoms with van der Waals surface area (Å²) in [6, 6.07) is 8.81. The minimum atomic E-state index is -0.513. The summed E-state index contributed by atoms with van der Waals surface area (Å²) in [4.78, 5) is 31.8. The Balaban J connectivity index is 1.62. The minimum absolute atomic E-state index is 0.168. The first-order chi connectivity index (χ1) is 12.0. The molecule has 1 aliphatic rings. The second-order valence-electron chi connectivity index (χ2n) is 6.00. The van der Waals surface area contributed by atoms with Crippen LogP contribution in [0.25, 0.3) is 0 Å². The number of aromatic nitrogens is 1. The van der Waals surface area contributed by atoms with E-state index in [9.17, 15) is 9.59 Å². The highest BCUT2D eigenvalue weighted by molar-refractivity contribution is 5.96. The van der Waals surface area contributed by atoms with Gasteiger partial charge in [-0.25, -0.2) is 4.79 Å². The van der Waals surface area contributed by atoms with Gasteiger partial charge in [0.05, 0.1) is 0 Å². The van der Waals surface area contributed by atoms with Crippen LogP contribution in [0.2, 0.25) is 0 Å². The lowest BCUT2D eigenvalue weighted by Crippen LogP contribution is -2.50. The van der Waals surface area contributed by atoms with Crippen LogP contribution in [0.4, 0.5) is 16.2 Å². The fraction of sp³-hybridized carbons (Fsp3) is 0.278. The molecule has 2 heterocycles. The van der Waals surface area contributed by atoms with Crippen LogP contribution >= 0.6 is 0 Å². The number of amides is 3. The van der Waals surface area contributed by atoms with Gasteiger partial charge in [0.15, 0.2) is 0 Å². The second kappa shape index (κ2) is 7.21. The normalized spacial score (nSPS) is 14.3. The van der Waals surface area contributed by atoms with E-state index in [0.717, 1.165) is 24.3 Å². The first-order valence-corrected chi connectivity index (χ1v) is 8.16. The van der Waals surface area contributed by atoms with Gasteiger partial charge in [0.25, 0.3) is 0 Å². The fourth-order valence-electron chi connectivity index (χ4n) is 2.83. The number of urea groups is 1. The smallest absolute Gasteiger partial charge is 0.321 e. The molecular formula is C18H21N5O2. The lowest BCUT2D eigenvalue weighted by Gasteiger charge is -2.36. The van der Waals surface area contributed by atoms with Crippen LogP contribution in [-0.4, -0.2) is 48.0 Å². The van der Waals surface area contributed by atoms with Crippen molar-refractivity contribution in [3.05, 3.63) is 53.9 Å². The molecule has 1 aromatic heterocycles. The molecule has 1 aliphatic heterocycles. The average Bonchev–Trinajstić information content (AvgIpc) is 2.64. The number of nitrogens with zero attached hydrogens (tertiary/aromatic N) is 3. The fourth-order valence-corrected chi connectivity index (χ4v) is 2.83. The Morgan fingerprint density at radius 2 is 1.76 bits per heavy atom. The van der Waals surface area contributed by atoms with Gasteiger partial charge in [0.2, 0.25) is 5.91 Å². The maximum Gasteiger partial charge on any atom is 0.321 e. The predicted molar refractivity (Wildman–Crippen MR) is 96.7 cm³/mol. The average molecular weight is 339 g/mol. The number of anilines is 2. The quantitative estimate of drug-likeness (QED) is 0.892. The number of rotatable bonds is 3. The Bertz CT molecular complexity index is 770. The van der Waals surface area contributed by atoms with Crippen LogP contribution in [0.3, 0.4) is 0 Å². The first-order valence-electron chi connectivity index (χ1n) is 8.16. The van der Waals surface area contributed by atoms with E-state index in [2.05, 4.69) is 15.2 Å². The summed E-state index contributed by atoms with van der Waals surface area (Å²) in [5, 5.41) is 2.88. The van der Waals surface area contributed by atoms with E-state index in [-0.39, 0.29) is 6.03 Å². The van der Waals surface area contributed by atoms with Gasteiger partial charge in [-0.15, -0.1) is 0 Å². The van der Waals surface area contributed by atoms with Crippen molar-refractivity contribution in [2.24, 2.45) is 5.73 Å². The van der Waals surface area contributed by atoms with E-state index >= 15 is 0 Å². The Kier molecular flexibility index (Phi) is 4.83. The lowest BCUT2D eigenvalue weighted by molar-refractivity contribution is 0.1000. The molecule has 1 aromatic carbocycles. The van der Waals surface area contributed by atoms with Crippen molar-refractivity contribution in [2.75, 3.05) is 36.4 Å². The van der Waals surface area contributed by atoms with Gasteiger partial charge < -0.3 is 20.9 Å². The van der Waals surface area contributed by atoms with Crippen LogP contribution in [0, 0.1) is 6.92 Å². The molecule has 1 fully saturated rings. The molecule has 7 nitrogen and oxygen atoms in total. The molecule has 3 rings (SSSR count). The van der Waals surface area contributed by atoms with E-state index < -0.39 is 5.91 Å². The van der Waals surface area contributed by atoms with Gasteiger partial charge in [0.1, 0.15) is 0 Å². The molecule has 0 saturated carbocycles. The number of carbonyl (C=O) groups excluding carboxylic acids is 2. The van der Waals surface area contributed by atoms with E-state index in [0.29, 0.717) is 24.3 Å². The van der Waals surface area contributed by atoms with Gasteiger partial charge in [0, 0.05) is 55.5 Å². The number of carbonyl (C=O) groups is 2. The summed E-state index contributed by atoms with van der Waals surface area (Å²) in [7, 11) is 0. The highest BCUT2D eigenvalue weighted by Gasteiger charge is 2.21. The third-order valence-corrected chi connectivity index (χ3v) is 4.36. The summed E-state index contributed by atoms with van der Waals surface area (Å²) >= 11 is 0. The molecule has 3 N–H and O–H groups in total. The van der Waals surface area contributed by atoms with Crippen LogP contribution in [0.5, 0.6) is 0 Å². The molecule has 0 bridgehead atoms. The monoisotopic (exact) mass is 339 g/mol. The van der Waals surface area contributed by atoms with Crippen molar-refractivity contribution in [1.29, 1.82) is 0 Å². The number of hydrogen-bond donors (Lipinski definition) is 2. The standard InChI is InChI=1S/C18H21N5O2/c1-13-2-3-14(17(19)24)12-16(13)21-18(25)23-10-8-22(9-11-23)15-4-6-20-7-5-15/h2-7,12H,8-11H2,1H3,(H2,19,24)(H,21,25). The third kappa shape index (κ3) is 3.88. The highest BCUT2D eigenvalue weighted by Crippen LogP contribution is 2.19. The molecule has 0 aliphatic carbocycles. The summed E-state index contributed by atoms with van der Waals surface area (Å²) in [6.45, 7) is 4.66. The maximum atomic E-state index is 12.5. The molecular weight excluding hydrogens is 318 g/mol. The van der Waals surface area contributed by atoms with Crippen LogP contribution < -0.4 is 16.0 Å². The first kappa shape index (κ1) is 16.8. The Morgan fingerprint density at radius 3 is 2.40 bits per heavy atom. The molecule has 1 saturated heterocycles. The van der Waals surface area contributed by atoms with E-state index in [1.54, 1.807) is 35.5 Å². The van der Waals surface area contributed by atoms with Crippen LogP contribution in [0.1, 0.15) is 15.9 Å². The number of piperazine rings is 1. The molecule has 0 unspecified atom stereocenters. The Labute approximate surface area is 146 Å². The number of primary amides is 1. The minimum Gasteiger partial charge on any atom is -0.368 e. The SMILES string of the molecule is Cc1ccc(C(N)=O)cc1NC(=O)N1CCN(c2ccncc2)CC1. The van der Waals surface area contributed by atoms with Crippen LogP contribution in [0.15, 0.2) is 42.7 Å². The predicted octanol–water partition coefficient (Wildman–Crippen LogP) is 1.84. The number of benzene rings is 1. The van der Waals surface area contributed by atoms with Crippen molar-refractivity contribution in [1.82, 2.24) is 9.88 Å². The summed E-state index contributed by atoms with van der Waals surface area (Å²) < 4.78 is 0. The lowest BCUT2D eigenvalue weighted by atomic mass is 10.1. The Hall–Kier alpha value is -3.09. The van der Waals surface area contributed by atoms with Gasteiger partial charge in [-0.2, -0.15) is 0 Å². The zero-order valence-electron chi connectivity index (χ0n) is 14.1. The zero-order valence-corrected chi connectivity index (χ0v) is 14.1. The molecule has 0 spiro atoms. The Morgan fingerprint density at radius 1 is 1.08 bits per heavy atom. The zero-order chi connectivity index (χ0) is 17.8. The molecule has 3 amide bonds. The third-order valence-electron chi connectivity index (χ3n) is 4.36. The number of nitrogens with one attached hydrogen (secondary N) is 1. The summed E-state index contributed by atoms with van der Waals surface area (Å²) in [5.74, 6) is -0.513. The molecule has 25 heavy (non-hydrogen) atoms. The van der Waals surface area contributed by atoms with Gasteiger partial charge in [-0.3, -0.25) is 9.78 Å². The van der Waals surface area contributed by atoms with Crippen molar-refractivity contribution in [3.8, 4) is 0 Å². The number of aryl methyl sites for hydroxylation is 1. The molecule has 2 aromatic rings. The topological polar surface area (TPSA) is 91.6 Å². The number of pyridine rings is 1. The molecule has 0 atom stereocenters. The van der Waals surface area contributed by atoms with Crippen molar-refractivity contribution in [3.63, 3.8) is 0 Å². The van der Waals surface area contributed by atoms with E-state index in [1.165, 1.54) is 0 Å². The van der Waals surface area contributed by atoms with Gasteiger partial charge in [-0.05, 0) is 36.8 Å². The van der Waals surface area contributed by atoms with E-state index in [4.69, 9.17) is 5.73 Å². The van der Waals surface area contributed by atoms with Gasteiger partial charge in [-0.1, -0.05) is 6.07 Å². The largest absolute Gasteiger partial charge is 0.368 e. The van der Waals surface area contributed by atoms with Crippen LogP contribution in [-0.2, 0) is 0 Å². The van der Waals surface area contributed by atoms with Crippen molar-refractivity contribution >= 4 is 23.3 Å². The number of nitrogens with two attached hydrogens (primary N) is 1. The number of hydrogen-bond acceptors (Lipinski definition) is 4. The second-order valence-corrected chi connectivity index (χ2v) is 6.00. The molecule has 0 radical (unpaired) electrons. The van der Waals surface area contributed by atoms with E-state index in [1.807, 2.05) is 19.1 Å². The van der Waals surface area contributed by atoms with Crippen molar-refractivity contribution < 1.29 is 9.59 Å². The molecule has 130 valence electrons. The summed E-state index contributed by atoms with van der Waals surface area (Å²) in [6.07, 6.45) is 3.53. The summed E-state index contributed by atoms with van der Waals surface area (Å²) in [5.41, 5.74) is 8.29. The van der Waals surface area contributed by atoms with Gasteiger partial charge >= 0.3 is 6.03 Å². The van der Waals surface area contributed by atoms with Crippen molar-refractivity contribution in [2.45, 2.75) is 6.92 Å². The highest BCUT2D eigenvalue weighted by atomic mass is 16.2. The maximum absolute atomic E-state index is 12.5.